The van der Waals surface area contributed by atoms with E-state index in [1.807, 2.05) is 18.3 Å². The molecule has 1 saturated heterocycles. The number of aromatic nitrogens is 2. The molecule has 6 nitrogen and oxygen atoms in total. The van der Waals surface area contributed by atoms with Crippen molar-refractivity contribution in [2.45, 2.75) is 39.5 Å². The average Bonchev–Trinajstić information content (AvgIpc) is 3.08. The van der Waals surface area contributed by atoms with Crippen LogP contribution in [0.1, 0.15) is 36.8 Å². The number of nitrogens with zero attached hydrogens (tertiary/aromatic N) is 3. The van der Waals surface area contributed by atoms with Gasteiger partial charge in [0.2, 0.25) is 0 Å². The van der Waals surface area contributed by atoms with E-state index in [1.54, 1.807) is 14.2 Å². The number of fused-ring (bicyclic) bond motifs is 1. The van der Waals surface area contributed by atoms with Gasteiger partial charge in [0.05, 0.1) is 25.1 Å². The largest absolute Gasteiger partial charge is 0.497 e. The van der Waals surface area contributed by atoms with Gasteiger partial charge in [-0.25, -0.2) is 9.97 Å². The van der Waals surface area contributed by atoms with Crippen molar-refractivity contribution >= 4 is 10.9 Å². The summed E-state index contributed by atoms with van der Waals surface area (Å²) >= 11 is 0. The van der Waals surface area contributed by atoms with Crippen molar-refractivity contribution in [1.29, 1.82) is 0 Å². The van der Waals surface area contributed by atoms with Gasteiger partial charge in [0, 0.05) is 30.4 Å². The molecule has 2 aromatic carbocycles. The first-order valence-electron chi connectivity index (χ1n) is 11.4. The maximum Gasteiger partial charge on any atom is 0.159 e. The van der Waals surface area contributed by atoms with Crippen LogP contribution in [0.2, 0.25) is 0 Å². The van der Waals surface area contributed by atoms with E-state index in [1.165, 1.54) is 38.8 Å². The lowest BCUT2D eigenvalue weighted by Crippen LogP contribution is -2.29. The predicted octanol–water partition coefficient (Wildman–Crippen LogP) is 5.19. The summed E-state index contributed by atoms with van der Waals surface area (Å²) in [6.45, 7) is 8.26. The molecule has 1 aliphatic heterocycles. The fourth-order valence-corrected chi connectivity index (χ4v) is 4.45. The van der Waals surface area contributed by atoms with Crippen LogP contribution in [0.5, 0.6) is 17.2 Å². The highest BCUT2D eigenvalue weighted by atomic mass is 16.5. The molecule has 6 heteroatoms. The minimum Gasteiger partial charge on any atom is -0.497 e. The van der Waals surface area contributed by atoms with E-state index in [0.29, 0.717) is 23.9 Å². The topological polar surface area (TPSA) is 56.7 Å². The molecule has 1 aromatic heterocycles. The highest BCUT2D eigenvalue weighted by Gasteiger charge is 2.14. The number of hydrogen-bond acceptors (Lipinski definition) is 6. The maximum atomic E-state index is 6.22. The second-order valence-corrected chi connectivity index (χ2v) is 8.50. The third kappa shape index (κ3) is 4.96. The van der Waals surface area contributed by atoms with Crippen LogP contribution >= 0.6 is 0 Å². The number of likely N-dealkylation sites (tertiary alicyclic amines) is 1. The number of methoxy groups -OCH3 is 2. The van der Waals surface area contributed by atoms with Crippen LogP contribution in [0.4, 0.5) is 0 Å². The van der Waals surface area contributed by atoms with Gasteiger partial charge in [0.15, 0.2) is 5.82 Å². The van der Waals surface area contributed by atoms with Gasteiger partial charge in [-0.2, -0.15) is 0 Å². The first-order valence-corrected chi connectivity index (χ1v) is 11.4. The zero-order valence-electron chi connectivity index (χ0n) is 19.6. The van der Waals surface area contributed by atoms with Crippen LogP contribution in [-0.4, -0.2) is 55.3 Å². The smallest absolute Gasteiger partial charge is 0.159 e. The third-order valence-corrected chi connectivity index (χ3v) is 6.16. The molecule has 0 aliphatic carbocycles. The van der Waals surface area contributed by atoms with Gasteiger partial charge in [-0.15, -0.1) is 0 Å². The zero-order valence-corrected chi connectivity index (χ0v) is 19.6. The first-order chi connectivity index (χ1) is 15.6. The Morgan fingerprint density at radius 3 is 2.28 bits per heavy atom. The van der Waals surface area contributed by atoms with Crippen LogP contribution in [0.25, 0.3) is 22.3 Å². The monoisotopic (exact) mass is 435 g/mol. The highest BCUT2D eigenvalue weighted by molar-refractivity contribution is 5.87. The summed E-state index contributed by atoms with van der Waals surface area (Å²) in [6, 6.07) is 7.96. The Bertz CT molecular complexity index is 1050. The molecule has 3 aromatic rings. The molecule has 0 atom stereocenters. The van der Waals surface area contributed by atoms with Gasteiger partial charge in [0.25, 0.3) is 0 Å². The summed E-state index contributed by atoms with van der Waals surface area (Å²) < 4.78 is 17.1. The minimum absolute atomic E-state index is 0.676. The van der Waals surface area contributed by atoms with Gasteiger partial charge in [-0.3, -0.25) is 4.90 Å². The Hall–Kier alpha value is -2.86. The van der Waals surface area contributed by atoms with Crippen LogP contribution in [-0.2, 0) is 0 Å². The summed E-state index contributed by atoms with van der Waals surface area (Å²) in [5, 5.41) is 0.860. The molecule has 0 N–H and O–H groups in total. The second-order valence-electron chi connectivity index (χ2n) is 8.50. The Morgan fingerprint density at radius 2 is 1.62 bits per heavy atom. The van der Waals surface area contributed by atoms with Gasteiger partial charge in [-0.1, -0.05) is 12.8 Å². The lowest BCUT2D eigenvalue weighted by Gasteiger charge is -2.21. The number of aryl methyl sites for hydroxylation is 2. The molecule has 0 radical (unpaired) electrons. The van der Waals surface area contributed by atoms with Crippen LogP contribution < -0.4 is 14.2 Å². The Morgan fingerprint density at radius 1 is 0.906 bits per heavy atom. The Balaban J connectivity index is 1.53. The second kappa shape index (κ2) is 10.2. The minimum atomic E-state index is 0.676. The number of ether oxygens (including phenoxy) is 3. The molecule has 170 valence electrons. The van der Waals surface area contributed by atoms with E-state index in [-0.39, 0.29) is 0 Å². The van der Waals surface area contributed by atoms with E-state index < -0.39 is 0 Å². The number of rotatable bonds is 7. The first kappa shape index (κ1) is 22.3. The SMILES string of the molecule is COc1cc(OC)c2cnc(-c3cc(C)c(OCCN4CCCCCC4)c(C)c3)nc2c1. The molecular formula is C26H33N3O3. The molecule has 32 heavy (non-hydrogen) atoms. The standard InChI is InChI=1S/C26H33N3O3/c1-18-13-20(14-19(2)25(18)32-12-11-29-9-7-5-6-8-10-29)26-27-17-22-23(28-26)15-21(30-3)16-24(22)31-4/h13-17H,5-12H2,1-4H3. The van der Waals surface area contributed by atoms with Crippen molar-refractivity contribution in [3.63, 3.8) is 0 Å². The summed E-state index contributed by atoms with van der Waals surface area (Å²) in [7, 11) is 3.28. The lowest BCUT2D eigenvalue weighted by atomic mass is 10.0. The zero-order chi connectivity index (χ0) is 22.5. The van der Waals surface area contributed by atoms with E-state index in [0.717, 1.165) is 39.9 Å². The number of benzene rings is 2. The van der Waals surface area contributed by atoms with Gasteiger partial charge < -0.3 is 14.2 Å². The molecule has 4 rings (SSSR count). The maximum absolute atomic E-state index is 6.22. The van der Waals surface area contributed by atoms with Crippen LogP contribution in [0.15, 0.2) is 30.5 Å². The third-order valence-electron chi connectivity index (χ3n) is 6.16. The normalized spacial score (nSPS) is 14.9. The molecule has 1 fully saturated rings. The average molecular weight is 436 g/mol. The quantitative estimate of drug-likeness (QED) is 0.509. The van der Waals surface area contributed by atoms with E-state index in [2.05, 4.69) is 35.9 Å². The summed E-state index contributed by atoms with van der Waals surface area (Å²) in [4.78, 5) is 11.9. The molecule has 0 amide bonds. The predicted molar refractivity (Wildman–Crippen MR) is 128 cm³/mol. The van der Waals surface area contributed by atoms with Crippen molar-refractivity contribution < 1.29 is 14.2 Å². The van der Waals surface area contributed by atoms with Crippen molar-refractivity contribution in [1.82, 2.24) is 14.9 Å². The Labute approximate surface area is 190 Å². The van der Waals surface area contributed by atoms with E-state index in [4.69, 9.17) is 19.2 Å². The van der Waals surface area contributed by atoms with Crippen molar-refractivity contribution in [3.8, 4) is 28.6 Å². The molecule has 0 bridgehead atoms. The summed E-state index contributed by atoms with van der Waals surface area (Å²) in [6.07, 6.45) is 7.12. The Kier molecular flexibility index (Phi) is 7.10. The molecule has 0 saturated carbocycles. The van der Waals surface area contributed by atoms with Gasteiger partial charge >= 0.3 is 0 Å². The van der Waals surface area contributed by atoms with Gasteiger partial charge in [0.1, 0.15) is 23.9 Å². The molecule has 0 unspecified atom stereocenters. The van der Waals surface area contributed by atoms with Crippen molar-refractivity contribution in [3.05, 3.63) is 41.6 Å². The summed E-state index contributed by atoms with van der Waals surface area (Å²) in [5.74, 6) is 3.05. The molecule has 0 spiro atoms. The van der Waals surface area contributed by atoms with E-state index >= 15 is 0 Å². The van der Waals surface area contributed by atoms with Crippen LogP contribution in [0.3, 0.4) is 0 Å². The summed E-state index contributed by atoms with van der Waals surface area (Å²) in [5.41, 5.74) is 3.97. The fourth-order valence-electron chi connectivity index (χ4n) is 4.45. The number of hydrogen-bond donors (Lipinski definition) is 0. The van der Waals surface area contributed by atoms with E-state index in [9.17, 15) is 0 Å². The van der Waals surface area contributed by atoms with Crippen LogP contribution in [0, 0.1) is 13.8 Å². The molecular weight excluding hydrogens is 402 g/mol. The lowest BCUT2D eigenvalue weighted by molar-refractivity contribution is 0.212. The van der Waals surface area contributed by atoms with Crippen molar-refractivity contribution in [2.75, 3.05) is 40.5 Å². The van der Waals surface area contributed by atoms with Crippen molar-refractivity contribution in [2.24, 2.45) is 0 Å². The highest BCUT2D eigenvalue weighted by Crippen LogP contribution is 2.33. The molecule has 1 aliphatic rings. The fraction of sp³-hybridized carbons (Fsp3) is 0.462. The molecule has 2 heterocycles. The van der Waals surface area contributed by atoms with Gasteiger partial charge in [-0.05, 0) is 63.0 Å².